The molecule has 0 saturated heterocycles. The van der Waals surface area contributed by atoms with Crippen LogP contribution in [0.1, 0.15) is 49.9 Å². The van der Waals surface area contributed by atoms with Gasteiger partial charge in [0.15, 0.2) is 11.6 Å². The number of hydrogen-bond acceptors (Lipinski definition) is 1. The Bertz CT molecular complexity index is 618. The Morgan fingerprint density at radius 2 is 1.52 bits per heavy atom. The number of halogens is 2. The van der Waals surface area contributed by atoms with E-state index in [0.717, 1.165) is 24.1 Å². The standard InChI is InChI=1S/C18H21F2N/c1-4-18(2,3)14-8-5-12(6-9-14)17(21)13-7-10-15(19)16(20)11-13/h5-11,17H,4,21H2,1-3H3. The first-order valence-electron chi connectivity index (χ1n) is 7.16. The van der Waals surface area contributed by atoms with Gasteiger partial charge in [-0.25, -0.2) is 8.78 Å². The second kappa shape index (κ2) is 5.94. The molecule has 1 atom stereocenters. The van der Waals surface area contributed by atoms with Gasteiger partial charge in [0.2, 0.25) is 0 Å². The lowest BCUT2D eigenvalue weighted by molar-refractivity contribution is 0.505. The molecule has 0 aromatic heterocycles. The summed E-state index contributed by atoms with van der Waals surface area (Å²) < 4.78 is 26.3. The zero-order valence-electron chi connectivity index (χ0n) is 12.7. The summed E-state index contributed by atoms with van der Waals surface area (Å²) in [6, 6.07) is 11.4. The molecule has 1 unspecified atom stereocenters. The van der Waals surface area contributed by atoms with Gasteiger partial charge in [0.25, 0.3) is 0 Å². The topological polar surface area (TPSA) is 26.0 Å². The van der Waals surface area contributed by atoms with Crippen molar-refractivity contribution in [1.82, 2.24) is 0 Å². The Morgan fingerprint density at radius 1 is 0.952 bits per heavy atom. The highest BCUT2D eigenvalue weighted by Gasteiger charge is 2.18. The van der Waals surface area contributed by atoms with E-state index in [2.05, 4.69) is 32.9 Å². The third kappa shape index (κ3) is 3.30. The van der Waals surface area contributed by atoms with Crippen LogP contribution in [0.25, 0.3) is 0 Å². The highest BCUT2D eigenvalue weighted by atomic mass is 19.2. The van der Waals surface area contributed by atoms with E-state index < -0.39 is 17.7 Å². The molecule has 0 aliphatic rings. The maximum atomic E-state index is 13.3. The van der Waals surface area contributed by atoms with Gasteiger partial charge in [0.05, 0.1) is 6.04 Å². The monoisotopic (exact) mass is 289 g/mol. The summed E-state index contributed by atoms with van der Waals surface area (Å²) in [6.45, 7) is 6.54. The molecular formula is C18H21F2N. The molecule has 2 aromatic carbocycles. The van der Waals surface area contributed by atoms with Crippen molar-refractivity contribution in [2.24, 2.45) is 5.73 Å². The number of rotatable bonds is 4. The molecule has 1 nitrogen and oxygen atoms in total. The molecule has 0 heterocycles. The molecule has 2 rings (SSSR count). The van der Waals surface area contributed by atoms with Crippen molar-refractivity contribution >= 4 is 0 Å². The third-order valence-corrected chi connectivity index (χ3v) is 4.24. The normalized spacial score (nSPS) is 13.2. The summed E-state index contributed by atoms with van der Waals surface area (Å²) in [7, 11) is 0. The second-order valence-electron chi connectivity index (χ2n) is 6.01. The predicted molar refractivity (Wildman–Crippen MR) is 82.1 cm³/mol. The summed E-state index contributed by atoms with van der Waals surface area (Å²) in [5, 5.41) is 0. The van der Waals surface area contributed by atoms with Crippen LogP contribution >= 0.6 is 0 Å². The third-order valence-electron chi connectivity index (χ3n) is 4.24. The molecule has 0 fully saturated rings. The van der Waals surface area contributed by atoms with Gasteiger partial charge in [0.1, 0.15) is 0 Å². The van der Waals surface area contributed by atoms with E-state index in [1.165, 1.54) is 11.6 Å². The Kier molecular flexibility index (Phi) is 4.43. The summed E-state index contributed by atoms with van der Waals surface area (Å²) >= 11 is 0. The van der Waals surface area contributed by atoms with Gasteiger partial charge in [-0.1, -0.05) is 51.1 Å². The lowest BCUT2D eigenvalue weighted by atomic mass is 9.81. The van der Waals surface area contributed by atoms with E-state index >= 15 is 0 Å². The van der Waals surface area contributed by atoms with Crippen molar-refractivity contribution < 1.29 is 8.78 Å². The lowest BCUT2D eigenvalue weighted by Crippen LogP contribution is -2.16. The molecule has 2 N–H and O–H groups in total. The Hall–Kier alpha value is -1.74. The summed E-state index contributed by atoms with van der Waals surface area (Å²) in [4.78, 5) is 0. The van der Waals surface area contributed by atoms with Crippen molar-refractivity contribution in [3.8, 4) is 0 Å². The van der Waals surface area contributed by atoms with Gasteiger partial charge in [-0.05, 0) is 40.7 Å². The molecule has 0 spiro atoms. The molecule has 0 radical (unpaired) electrons. The molecule has 0 aliphatic carbocycles. The Balaban J connectivity index is 2.27. The summed E-state index contributed by atoms with van der Waals surface area (Å²) in [5.74, 6) is -1.72. The smallest absolute Gasteiger partial charge is 0.159 e. The molecule has 0 amide bonds. The van der Waals surface area contributed by atoms with Gasteiger partial charge in [0, 0.05) is 0 Å². The van der Waals surface area contributed by atoms with Crippen molar-refractivity contribution in [2.75, 3.05) is 0 Å². The van der Waals surface area contributed by atoms with Crippen molar-refractivity contribution in [2.45, 2.75) is 38.6 Å². The molecule has 0 aliphatic heterocycles. The SMILES string of the molecule is CCC(C)(C)c1ccc(C(N)c2ccc(F)c(F)c2)cc1. The van der Waals surface area contributed by atoms with Crippen LogP contribution in [0, 0.1) is 11.6 Å². The van der Waals surface area contributed by atoms with E-state index in [0.29, 0.717) is 5.56 Å². The van der Waals surface area contributed by atoms with E-state index in [1.54, 1.807) is 0 Å². The fourth-order valence-electron chi connectivity index (χ4n) is 2.24. The van der Waals surface area contributed by atoms with Gasteiger partial charge < -0.3 is 5.73 Å². The first kappa shape index (κ1) is 15.6. The zero-order valence-corrected chi connectivity index (χ0v) is 12.7. The molecule has 3 heteroatoms. The van der Waals surface area contributed by atoms with Crippen molar-refractivity contribution in [1.29, 1.82) is 0 Å². The highest BCUT2D eigenvalue weighted by molar-refractivity contribution is 5.35. The van der Waals surface area contributed by atoms with Gasteiger partial charge in [-0.2, -0.15) is 0 Å². The van der Waals surface area contributed by atoms with Crippen molar-refractivity contribution in [3.63, 3.8) is 0 Å². The average molecular weight is 289 g/mol. The van der Waals surface area contributed by atoms with E-state index in [9.17, 15) is 8.78 Å². The van der Waals surface area contributed by atoms with Gasteiger partial charge >= 0.3 is 0 Å². The van der Waals surface area contributed by atoms with Crippen LogP contribution in [0.2, 0.25) is 0 Å². The van der Waals surface area contributed by atoms with Crippen LogP contribution in [-0.4, -0.2) is 0 Å². The lowest BCUT2D eigenvalue weighted by Gasteiger charge is -2.24. The molecule has 0 saturated carbocycles. The van der Waals surface area contributed by atoms with Crippen LogP contribution in [0.3, 0.4) is 0 Å². The van der Waals surface area contributed by atoms with E-state index in [4.69, 9.17) is 5.73 Å². The van der Waals surface area contributed by atoms with E-state index in [1.807, 2.05) is 12.1 Å². The van der Waals surface area contributed by atoms with Crippen LogP contribution in [-0.2, 0) is 5.41 Å². The minimum Gasteiger partial charge on any atom is -0.320 e. The first-order chi connectivity index (χ1) is 9.85. The predicted octanol–water partition coefficient (Wildman–Crippen LogP) is 4.70. The first-order valence-corrected chi connectivity index (χ1v) is 7.16. The minimum absolute atomic E-state index is 0.116. The Labute approximate surface area is 124 Å². The number of nitrogens with two attached hydrogens (primary N) is 1. The quantitative estimate of drug-likeness (QED) is 0.867. The van der Waals surface area contributed by atoms with Crippen LogP contribution in [0.15, 0.2) is 42.5 Å². The van der Waals surface area contributed by atoms with Crippen LogP contribution in [0.4, 0.5) is 8.78 Å². The molecular weight excluding hydrogens is 268 g/mol. The van der Waals surface area contributed by atoms with Crippen LogP contribution < -0.4 is 5.73 Å². The summed E-state index contributed by atoms with van der Waals surface area (Å²) in [6.07, 6.45) is 1.04. The fraction of sp³-hybridized carbons (Fsp3) is 0.333. The van der Waals surface area contributed by atoms with Gasteiger partial charge in [-0.3, -0.25) is 0 Å². The van der Waals surface area contributed by atoms with Crippen LogP contribution in [0.5, 0.6) is 0 Å². The molecule has 2 aromatic rings. The summed E-state index contributed by atoms with van der Waals surface area (Å²) in [5.41, 5.74) is 8.95. The number of benzene rings is 2. The largest absolute Gasteiger partial charge is 0.320 e. The van der Waals surface area contributed by atoms with E-state index in [-0.39, 0.29) is 5.41 Å². The van der Waals surface area contributed by atoms with Crippen molar-refractivity contribution in [3.05, 3.63) is 70.8 Å². The molecule has 21 heavy (non-hydrogen) atoms. The average Bonchev–Trinajstić information content (AvgIpc) is 2.49. The minimum atomic E-state index is -0.869. The molecule has 0 bridgehead atoms. The van der Waals surface area contributed by atoms with Gasteiger partial charge in [-0.15, -0.1) is 0 Å². The molecule has 112 valence electrons. The zero-order chi connectivity index (χ0) is 15.6. The highest BCUT2D eigenvalue weighted by Crippen LogP contribution is 2.28. The second-order valence-corrected chi connectivity index (χ2v) is 6.01. The maximum absolute atomic E-state index is 13.3. The fourth-order valence-corrected chi connectivity index (χ4v) is 2.24. The Morgan fingerprint density at radius 3 is 2.05 bits per heavy atom. The number of hydrogen-bond donors (Lipinski definition) is 1. The maximum Gasteiger partial charge on any atom is 0.159 e.